The molecule has 0 fully saturated rings. The average Bonchev–Trinajstić information content (AvgIpc) is 3.08. The second kappa shape index (κ2) is 7.91. The van der Waals surface area contributed by atoms with Gasteiger partial charge in [-0.15, -0.1) is 0 Å². The van der Waals surface area contributed by atoms with Crippen LogP contribution in [0.4, 0.5) is 5.69 Å². The van der Waals surface area contributed by atoms with E-state index < -0.39 is 5.97 Å². The number of hydrogen-bond donors (Lipinski definition) is 0. The predicted octanol–water partition coefficient (Wildman–Crippen LogP) is 3.13. The van der Waals surface area contributed by atoms with Crippen molar-refractivity contribution in [3.63, 3.8) is 0 Å². The summed E-state index contributed by atoms with van der Waals surface area (Å²) in [4.78, 5) is 25.9. The van der Waals surface area contributed by atoms with Gasteiger partial charge in [0.1, 0.15) is 17.3 Å². The van der Waals surface area contributed by atoms with Crippen molar-refractivity contribution in [1.29, 1.82) is 0 Å². The third-order valence-electron chi connectivity index (χ3n) is 4.19. The molecule has 136 valence electrons. The lowest BCUT2D eigenvalue weighted by atomic mass is 10.0. The van der Waals surface area contributed by atoms with E-state index in [1.807, 2.05) is 25.1 Å². The molecule has 0 radical (unpaired) electrons. The SMILES string of the molecule is COc1ccc2c(c1)CCCN2C(=O)COC(=O)/C=C/c1ccc(C)o1. The molecular weight excluding hydrogens is 334 g/mol. The number of carbonyl (C=O) groups is 2. The summed E-state index contributed by atoms with van der Waals surface area (Å²) < 4.78 is 15.6. The first kappa shape index (κ1) is 17.8. The van der Waals surface area contributed by atoms with Crippen LogP contribution >= 0.6 is 0 Å². The Bertz CT molecular complexity index is 836. The topological polar surface area (TPSA) is 69.0 Å². The maximum Gasteiger partial charge on any atom is 0.331 e. The normalized spacial score (nSPS) is 13.5. The van der Waals surface area contributed by atoms with Crippen LogP contribution in [-0.4, -0.2) is 32.1 Å². The van der Waals surface area contributed by atoms with Crippen LogP contribution in [0.5, 0.6) is 5.75 Å². The van der Waals surface area contributed by atoms with Crippen molar-refractivity contribution in [3.8, 4) is 5.75 Å². The van der Waals surface area contributed by atoms with Crippen LogP contribution in [0.1, 0.15) is 23.5 Å². The van der Waals surface area contributed by atoms with Crippen molar-refractivity contribution in [2.45, 2.75) is 19.8 Å². The molecule has 0 unspecified atom stereocenters. The third kappa shape index (κ3) is 4.14. The van der Waals surface area contributed by atoms with Crippen LogP contribution in [0.15, 0.2) is 40.8 Å². The highest BCUT2D eigenvalue weighted by Crippen LogP contribution is 2.30. The smallest absolute Gasteiger partial charge is 0.331 e. The summed E-state index contributed by atoms with van der Waals surface area (Å²) in [5.41, 5.74) is 1.91. The number of amides is 1. The van der Waals surface area contributed by atoms with E-state index in [4.69, 9.17) is 13.9 Å². The number of aryl methyl sites for hydroxylation is 2. The molecule has 1 aromatic heterocycles. The Kier molecular flexibility index (Phi) is 5.41. The lowest BCUT2D eigenvalue weighted by Crippen LogP contribution is -2.38. The lowest BCUT2D eigenvalue weighted by molar-refractivity contribution is -0.142. The maximum atomic E-state index is 12.5. The molecule has 0 bridgehead atoms. The molecule has 3 rings (SSSR count). The number of hydrogen-bond acceptors (Lipinski definition) is 5. The molecule has 1 aliphatic rings. The van der Waals surface area contributed by atoms with Crippen LogP contribution < -0.4 is 9.64 Å². The van der Waals surface area contributed by atoms with Gasteiger partial charge < -0.3 is 18.8 Å². The fourth-order valence-corrected chi connectivity index (χ4v) is 2.91. The van der Waals surface area contributed by atoms with Gasteiger partial charge in [0.2, 0.25) is 0 Å². The number of anilines is 1. The zero-order valence-electron chi connectivity index (χ0n) is 14.9. The van der Waals surface area contributed by atoms with Crippen LogP contribution in [0.2, 0.25) is 0 Å². The molecule has 0 saturated carbocycles. The second-order valence-corrected chi connectivity index (χ2v) is 6.03. The van der Waals surface area contributed by atoms with E-state index in [9.17, 15) is 9.59 Å². The maximum absolute atomic E-state index is 12.5. The second-order valence-electron chi connectivity index (χ2n) is 6.03. The van der Waals surface area contributed by atoms with Crippen molar-refractivity contribution >= 4 is 23.6 Å². The Morgan fingerprint density at radius 1 is 1.27 bits per heavy atom. The largest absolute Gasteiger partial charge is 0.497 e. The van der Waals surface area contributed by atoms with E-state index in [1.165, 1.54) is 12.2 Å². The van der Waals surface area contributed by atoms with Gasteiger partial charge in [-0.3, -0.25) is 4.79 Å². The fourth-order valence-electron chi connectivity index (χ4n) is 2.91. The summed E-state index contributed by atoms with van der Waals surface area (Å²) in [5, 5.41) is 0. The Morgan fingerprint density at radius 2 is 2.12 bits per heavy atom. The summed E-state index contributed by atoms with van der Waals surface area (Å²) in [6, 6.07) is 9.19. The molecule has 1 aliphatic heterocycles. The number of carbonyl (C=O) groups excluding carboxylic acids is 2. The molecule has 6 heteroatoms. The summed E-state index contributed by atoms with van der Waals surface area (Å²) >= 11 is 0. The zero-order valence-corrected chi connectivity index (χ0v) is 14.9. The van der Waals surface area contributed by atoms with Crippen LogP contribution in [0.25, 0.3) is 6.08 Å². The van der Waals surface area contributed by atoms with Crippen molar-refractivity contribution in [1.82, 2.24) is 0 Å². The van der Waals surface area contributed by atoms with E-state index in [2.05, 4.69) is 0 Å². The van der Waals surface area contributed by atoms with Crippen LogP contribution in [0, 0.1) is 6.92 Å². The highest BCUT2D eigenvalue weighted by atomic mass is 16.5. The summed E-state index contributed by atoms with van der Waals surface area (Å²) in [6.07, 6.45) is 4.52. The van der Waals surface area contributed by atoms with Gasteiger partial charge in [0, 0.05) is 18.3 Å². The molecule has 0 atom stereocenters. The van der Waals surface area contributed by atoms with Crippen LogP contribution in [-0.2, 0) is 20.7 Å². The van der Waals surface area contributed by atoms with Crippen molar-refractivity contribution in [2.24, 2.45) is 0 Å². The highest BCUT2D eigenvalue weighted by molar-refractivity contribution is 5.97. The summed E-state index contributed by atoms with van der Waals surface area (Å²) in [5.74, 6) is 1.26. The lowest BCUT2D eigenvalue weighted by Gasteiger charge is -2.29. The van der Waals surface area contributed by atoms with Gasteiger partial charge in [-0.25, -0.2) is 4.79 Å². The number of nitrogens with zero attached hydrogens (tertiary/aromatic N) is 1. The quantitative estimate of drug-likeness (QED) is 0.609. The summed E-state index contributed by atoms with van der Waals surface area (Å²) in [7, 11) is 1.62. The number of ether oxygens (including phenoxy) is 2. The minimum Gasteiger partial charge on any atom is -0.497 e. The Balaban J connectivity index is 1.59. The third-order valence-corrected chi connectivity index (χ3v) is 4.19. The summed E-state index contributed by atoms with van der Waals surface area (Å²) in [6.45, 7) is 2.13. The average molecular weight is 355 g/mol. The first-order chi connectivity index (χ1) is 12.6. The van der Waals surface area contributed by atoms with Gasteiger partial charge in [-0.1, -0.05) is 0 Å². The van der Waals surface area contributed by atoms with Crippen molar-refractivity contribution in [2.75, 3.05) is 25.2 Å². The highest BCUT2D eigenvalue weighted by Gasteiger charge is 2.23. The van der Waals surface area contributed by atoms with Crippen molar-refractivity contribution < 1.29 is 23.5 Å². The van der Waals surface area contributed by atoms with E-state index >= 15 is 0 Å². The van der Waals surface area contributed by atoms with E-state index in [0.717, 1.165) is 35.6 Å². The Morgan fingerprint density at radius 3 is 2.85 bits per heavy atom. The molecule has 1 amide bonds. The predicted molar refractivity (Wildman–Crippen MR) is 97.1 cm³/mol. The molecular formula is C20H21NO5. The monoisotopic (exact) mass is 355 g/mol. The van der Waals surface area contributed by atoms with Gasteiger partial charge in [-0.2, -0.15) is 0 Å². The number of rotatable bonds is 5. The Hall–Kier alpha value is -3.02. The molecule has 0 aliphatic carbocycles. The first-order valence-corrected chi connectivity index (χ1v) is 8.45. The number of fused-ring (bicyclic) bond motifs is 1. The standard InChI is InChI=1S/C20H21NO5/c1-14-5-6-16(26-14)8-10-20(23)25-13-19(22)21-11-3-4-15-12-17(24-2)7-9-18(15)21/h5-10,12H,3-4,11,13H2,1-2H3/b10-8+. The van der Waals surface area contributed by atoms with Crippen molar-refractivity contribution in [3.05, 3.63) is 53.5 Å². The number of furan rings is 1. The van der Waals surface area contributed by atoms with Gasteiger partial charge >= 0.3 is 5.97 Å². The van der Waals surface area contributed by atoms with E-state index in [0.29, 0.717) is 12.3 Å². The molecule has 2 heterocycles. The molecule has 6 nitrogen and oxygen atoms in total. The molecule has 26 heavy (non-hydrogen) atoms. The number of benzene rings is 1. The van der Waals surface area contributed by atoms with E-state index in [1.54, 1.807) is 24.1 Å². The zero-order chi connectivity index (χ0) is 18.5. The molecule has 2 aromatic rings. The minimum absolute atomic E-state index is 0.244. The van der Waals surface area contributed by atoms with Gasteiger partial charge in [0.15, 0.2) is 6.61 Å². The van der Waals surface area contributed by atoms with Gasteiger partial charge in [-0.05, 0) is 61.7 Å². The number of esters is 1. The molecule has 0 N–H and O–H groups in total. The molecule has 0 spiro atoms. The molecule has 0 saturated heterocycles. The first-order valence-electron chi connectivity index (χ1n) is 8.45. The van der Waals surface area contributed by atoms with Crippen LogP contribution in [0.3, 0.4) is 0 Å². The minimum atomic E-state index is -0.584. The van der Waals surface area contributed by atoms with Gasteiger partial charge in [0.25, 0.3) is 5.91 Å². The van der Waals surface area contributed by atoms with E-state index in [-0.39, 0.29) is 12.5 Å². The van der Waals surface area contributed by atoms with Gasteiger partial charge in [0.05, 0.1) is 7.11 Å². The number of methoxy groups -OCH3 is 1. The fraction of sp³-hybridized carbons (Fsp3) is 0.300. The molecule has 1 aromatic carbocycles. The Labute approximate surface area is 152 Å².